The Bertz CT molecular complexity index is 554. The zero-order valence-electron chi connectivity index (χ0n) is 9.62. The normalized spacial score (nSPS) is 10.3. The third kappa shape index (κ3) is 3.24. The topological polar surface area (TPSA) is 59.4 Å². The summed E-state index contributed by atoms with van der Waals surface area (Å²) >= 11 is 2.79. The van der Waals surface area contributed by atoms with Crippen molar-refractivity contribution in [1.29, 1.82) is 0 Å². The van der Waals surface area contributed by atoms with Crippen molar-refractivity contribution in [3.05, 3.63) is 40.2 Å². The highest BCUT2D eigenvalue weighted by Gasteiger charge is 2.07. The van der Waals surface area contributed by atoms with E-state index in [-0.39, 0.29) is 0 Å². The summed E-state index contributed by atoms with van der Waals surface area (Å²) in [6, 6.07) is 7.27. The van der Waals surface area contributed by atoms with E-state index in [2.05, 4.69) is 4.98 Å². The lowest BCUT2D eigenvalue weighted by atomic mass is 10.4. The SMILES string of the molecule is COc1cccc(CSc2csc(C(=O)O)c2)n1. The van der Waals surface area contributed by atoms with Gasteiger partial charge in [-0.2, -0.15) is 0 Å². The first kappa shape index (κ1) is 12.9. The molecular formula is C12H11NO3S2. The van der Waals surface area contributed by atoms with Crippen LogP contribution in [0.3, 0.4) is 0 Å². The minimum Gasteiger partial charge on any atom is -0.481 e. The van der Waals surface area contributed by atoms with E-state index >= 15 is 0 Å². The lowest BCUT2D eigenvalue weighted by Crippen LogP contribution is -1.91. The van der Waals surface area contributed by atoms with Crippen LogP contribution >= 0.6 is 23.1 Å². The Morgan fingerprint density at radius 2 is 2.39 bits per heavy atom. The van der Waals surface area contributed by atoms with E-state index < -0.39 is 5.97 Å². The predicted octanol–water partition coefficient (Wildman–Crippen LogP) is 3.14. The maximum absolute atomic E-state index is 10.7. The van der Waals surface area contributed by atoms with E-state index in [1.54, 1.807) is 31.0 Å². The number of carboxylic acids is 1. The molecule has 4 nitrogen and oxygen atoms in total. The quantitative estimate of drug-likeness (QED) is 0.853. The van der Waals surface area contributed by atoms with E-state index in [9.17, 15) is 4.79 Å². The first-order valence-corrected chi connectivity index (χ1v) is 7.00. The molecule has 0 spiro atoms. The Morgan fingerprint density at radius 1 is 1.56 bits per heavy atom. The Balaban J connectivity index is 1.99. The largest absolute Gasteiger partial charge is 0.481 e. The number of ether oxygens (including phenoxy) is 1. The first-order chi connectivity index (χ1) is 8.69. The van der Waals surface area contributed by atoms with Crippen LogP contribution in [-0.2, 0) is 5.75 Å². The fraction of sp³-hybridized carbons (Fsp3) is 0.167. The van der Waals surface area contributed by atoms with Crippen LogP contribution in [-0.4, -0.2) is 23.2 Å². The van der Waals surface area contributed by atoms with Crippen molar-refractivity contribution in [2.45, 2.75) is 10.6 Å². The van der Waals surface area contributed by atoms with Crippen LogP contribution in [0.1, 0.15) is 15.4 Å². The van der Waals surface area contributed by atoms with Gasteiger partial charge in [-0.15, -0.1) is 23.1 Å². The Morgan fingerprint density at radius 3 is 3.06 bits per heavy atom. The number of pyridine rings is 1. The van der Waals surface area contributed by atoms with Gasteiger partial charge in [0.15, 0.2) is 0 Å². The van der Waals surface area contributed by atoms with Crippen molar-refractivity contribution in [1.82, 2.24) is 4.98 Å². The van der Waals surface area contributed by atoms with Gasteiger partial charge < -0.3 is 9.84 Å². The maximum atomic E-state index is 10.7. The molecule has 0 bridgehead atoms. The van der Waals surface area contributed by atoms with Crippen LogP contribution in [0.25, 0.3) is 0 Å². The van der Waals surface area contributed by atoms with Crippen molar-refractivity contribution < 1.29 is 14.6 Å². The summed E-state index contributed by atoms with van der Waals surface area (Å²) in [5.41, 5.74) is 0.905. The van der Waals surface area contributed by atoms with Crippen molar-refractivity contribution in [2.75, 3.05) is 7.11 Å². The molecule has 18 heavy (non-hydrogen) atoms. The molecule has 0 amide bonds. The molecule has 1 N–H and O–H groups in total. The average Bonchev–Trinajstić information content (AvgIpc) is 2.85. The van der Waals surface area contributed by atoms with Gasteiger partial charge >= 0.3 is 5.97 Å². The minimum absolute atomic E-state index is 0.358. The minimum atomic E-state index is -0.883. The molecule has 2 aromatic heterocycles. The number of aromatic carboxylic acids is 1. The highest BCUT2D eigenvalue weighted by molar-refractivity contribution is 7.98. The monoisotopic (exact) mass is 281 g/mol. The number of carbonyl (C=O) groups is 1. The lowest BCUT2D eigenvalue weighted by Gasteiger charge is -2.02. The Labute approximate surface area is 113 Å². The van der Waals surface area contributed by atoms with Crippen LogP contribution < -0.4 is 4.74 Å². The molecule has 94 valence electrons. The van der Waals surface area contributed by atoms with E-state index in [1.165, 1.54) is 11.3 Å². The van der Waals surface area contributed by atoms with Crippen molar-refractivity contribution in [2.24, 2.45) is 0 Å². The van der Waals surface area contributed by atoms with Crippen LogP contribution in [0.15, 0.2) is 34.5 Å². The second-order valence-electron chi connectivity index (χ2n) is 3.41. The first-order valence-electron chi connectivity index (χ1n) is 5.13. The molecule has 0 aliphatic rings. The molecule has 0 radical (unpaired) electrons. The number of aromatic nitrogens is 1. The van der Waals surface area contributed by atoms with Gasteiger partial charge in [0.2, 0.25) is 5.88 Å². The summed E-state index contributed by atoms with van der Waals surface area (Å²) < 4.78 is 5.05. The number of hydrogen-bond donors (Lipinski definition) is 1. The summed E-state index contributed by atoms with van der Waals surface area (Å²) in [6.07, 6.45) is 0. The number of methoxy groups -OCH3 is 1. The van der Waals surface area contributed by atoms with Crippen LogP contribution in [0.2, 0.25) is 0 Å². The van der Waals surface area contributed by atoms with Gasteiger partial charge in [-0.3, -0.25) is 0 Å². The lowest BCUT2D eigenvalue weighted by molar-refractivity contribution is 0.0702. The molecule has 0 saturated carbocycles. The van der Waals surface area contributed by atoms with Crippen molar-refractivity contribution >= 4 is 29.1 Å². The molecule has 2 heterocycles. The number of thioether (sulfide) groups is 1. The number of rotatable bonds is 5. The molecule has 6 heteroatoms. The third-order valence-corrected chi connectivity index (χ3v) is 4.24. The van der Waals surface area contributed by atoms with E-state index in [1.807, 2.05) is 17.5 Å². The maximum Gasteiger partial charge on any atom is 0.345 e. The summed E-state index contributed by atoms with van der Waals surface area (Å²) in [5, 5.41) is 10.7. The fourth-order valence-corrected chi connectivity index (χ4v) is 3.09. The van der Waals surface area contributed by atoms with Gasteiger partial charge in [0, 0.05) is 22.1 Å². The molecule has 0 fully saturated rings. The summed E-state index contributed by atoms with van der Waals surface area (Å²) in [7, 11) is 1.58. The molecule has 0 aliphatic heterocycles. The number of carboxylic acid groups (broad SMARTS) is 1. The fourth-order valence-electron chi connectivity index (χ4n) is 1.32. The molecule has 0 unspecified atom stereocenters. The van der Waals surface area contributed by atoms with Crippen LogP contribution in [0, 0.1) is 0 Å². The van der Waals surface area contributed by atoms with Crippen molar-refractivity contribution in [3.8, 4) is 5.88 Å². The molecule has 0 aromatic carbocycles. The molecular weight excluding hydrogens is 270 g/mol. The highest BCUT2D eigenvalue weighted by Crippen LogP contribution is 2.27. The van der Waals surface area contributed by atoms with Gasteiger partial charge in [0.05, 0.1) is 12.8 Å². The van der Waals surface area contributed by atoms with Crippen LogP contribution in [0.4, 0.5) is 0 Å². The molecule has 0 saturated heterocycles. The molecule has 2 aromatic rings. The van der Waals surface area contributed by atoms with Gasteiger partial charge in [-0.05, 0) is 12.1 Å². The Hall–Kier alpha value is -1.53. The summed E-state index contributed by atoms with van der Waals surface area (Å²) in [5.74, 6) is 0.392. The average molecular weight is 281 g/mol. The van der Waals surface area contributed by atoms with Gasteiger partial charge in [0.25, 0.3) is 0 Å². The second-order valence-corrected chi connectivity index (χ2v) is 5.37. The van der Waals surface area contributed by atoms with E-state index in [0.717, 1.165) is 10.6 Å². The van der Waals surface area contributed by atoms with Gasteiger partial charge in [0.1, 0.15) is 4.88 Å². The highest BCUT2D eigenvalue weighted by atomic mass is 32.2. The third-order valence-electron chi connectivity index (χ3n) is 2.16. The number of thiophene rings is 1. The standard InChI is InChI=1S/C12H11NO3S2/c1-16-11-4-2-3-8(13-11)6-17-9-5-10(12(14)15)18-7-9/h2-5,7H,6H2,1H3,(H,14,15). The van der Waals surface area contributed by atoms with E-state index in [4.69, 9.17) is 9.84 Å². The Kier molecular flexibility index (Phi) is 4.22. The molecule has 0 aliphatic carbocycles. The number of hydrogen-bond acceptors (Lipinski definition) is 5. The van der Waals surface area contributed by atoms with Crippen LogP contribution in [0.5, 0.6) is 5.88 Å². The predicted molar refractivity (Wildman–Crippen MR) is 71.6 cm³/mol. The summed E-state index contributed by atoms with van der Waals surface area (Å²) in [4.78, 5) is 16.3. The molecule has 0 atom stereocenters. The smallest absolute Gasteiger partial charge is 0.345 e. The zero-order chi connectivity index (χ0) is 13.0. The van der Waals surface area contributed by atoms with E-state index in [0.29, 0.717) is 16.5 Å². The van der Waals surface area contributed by atoms with Gasteiger partial charge in [-0.25, -0.2) is 9.78 Å². The van der Waals surface area contributed by atoms with Crippen molar-refractivity contribution in [3.63, 3.8) is 0 Å². The molecule has 2 rings (SSSR count). The second kappa shape index (κ2) is 5.88. The zero-order valence-corrected chi connectivity index (χ0v) is 11.3. The summed E-state index contributed by atoms with van der Waals surface area (Å²) in [6.45, 7) is 0. The number of nitrogens with zero attached hydrogens (tertiary/aromatic N) is 1. The van der Waals surface area contributed by atoms with Gasteiger partial charge in [-0.1, -0.05) is 6.07 Å².